The molecule has 0 bridgehead atoms. The molecule has 0 atom stereocenters. The molecule has 0 aromatic carbocycles. The van der Waals surface area contributed by atoms with Crippen LogP contribution in [0.5, 0.6) is 0 Å². The first kappa shape index (κ1) is 7.48. The third-order valence-corrected chi connectivity index (χ3v) is 1.61. The SMILES string of the molecule is CN(CCCl)c1cc[nH]c1. The van der Waals surface area contributed by atoms with Gasteiger partial charge in [0.25, 0.3) is 0 Å². The molecule has 0 spiro atoms. The van der Waals surface area contributed by atoms with Crippen molar-refractivity contribution in [1.82, 2.24) is 4.98 Å². The molecule has 0 fully saturated rings. The van der Waals surface area contributed by atoms with Crippen LogP contribution >= 0.6 is 11.6 Å². The Morgan fingerprint density at radius 3 is 3.00 bits per heavy atom. The van der Waals surface area contributed by atoms with Gasteiger partial charge in [-0.15, -0.1) is 11.6 Å². The third-order valence-electron chi connectivity index (χ3n) is 1.44. The number of nitrogens with one attached hydrogen (secondary N) is 1. The summed E-state index contributed by atoms with van der Waals surface area (Å²) >= 11 is 5.56. The van der Waals surface area contributed by atoms with Gasteiger partial charge < -0.3 is 9.88 Å². The van der Waals surface area contributed by atoms with Gasteiger partial charge in [0, 0.05) is 31.9 Å². The van der Waals surface area contributed by atoms with Gasteiger partial charge in [-0.3, -0.25) is 0 Å². The Morgan fingerprint density at radius 1 is 1.70 bits per heavy atom. The van der Waals surface area contributed by atoms with Gasteiger partial charge in [-0.2, -0.15) is 0 Å². The number of hydrogen-bond acceptors (Lipinski definition) is 1. The summed E-state index contributed by atoms with van der Waals surface area (Å²) in [6, 6.07) is 2.02. The lowest BCUT2D eigenvalue weighted by atomic mass is 10.4. The van der Waals surface area contributed by atoms with Gasteiger partial charge in [0.2, 0.25) is 0 Å². The molecule has 1 rings (SSSR count). The van der Waals surface area contributed by atoms with Crippen LogP contribution in [0.25, 0.3) is 0 Å². The number of hydrogen-bond donors (Lipinski definition) is 1. The molecular weight excluding hydrogens is 148 g/mol. The second kappa shape index (κ2) is 3.52. The molecule has 0 aliphatic rings. The van der Waals surface area contributed by atoms with Gasteiger partial charge in [-0.1, -0.05) is 0 Å². The highest BCUT2D eigenvalue weighted by Gasteiger charge is 1.97. The largest absolute Gasteiger partial charge is 0.372 e. The zero-order valence-corrected chi connectivity index (χ0v) is 6.73. The average Bonchev–Trinajstić information content (AvgIpc) is 2.38. The highest BCUT2D eigenvalue weighted by atomic mass is 35.5. The Bertz CT molecular complexity index is 172. The summed E-state index contributed by atoms with van der Waals surface area (Å²) in [6.07, 6.45) is 3.85. The highest BCUT2D eigenvalue weighted by molar-refractivity contribution is 6.18. The summed E-state index contributed by atoms with van der Waals surface area (Å²) in [5, 5.41) is 0. The van der Waals surface area contributed by atoms with Crippen molar-refractivity contribution in [2.45, 2.75) is 0 Å². The number of aromatic nitrogens is 1. The van der Waals surface area contributed by atoms with Crippen molar-refractivity contribution in [3.8, 4) is 0 Å². The minimum Gasteiger partial charge on any atom is -0.372 e. The first-order valence-electron chi connectivity index (χ1n) is 3.24. The Balaban J connectivity index is 2.50. The van der Waals surface area contributed by atoms with Gasteiger partial charge in [-0.05, 0) is 6.07 Å². The number of alkyl halides is 1. The Kier molecular flexibility index (Phi) is 2.63. The van der Waals surface area contributed by atoms with Gasteiger partial charge in [-0.25, -0.2) is 0 Å². The highest BCUT2D eigenvalue weighted by Crippen LogP contribution is 2.08. The molecule has 1 N–H and O–H groups in total. The van der Waals surface area contributed by atoms with Crippen molar-refractivity contribution >= 4 is 17.3 Å². The summed E-state index contributed by atoms with van der Waals surface area (Å²) in [4.78, 5) is 5.08. The number of H-pyrrole nitrogens is 1. The van der Waals surface area contributed by atoms with Crippen LogP contribution in [0.3, 0.4) is 0 Å². The zero-order chi connectivity index (χ0) is 7.40. The summed E-state index contributed by atoms with van der Waals surface area (Å²) in [5.41, 5.74) is 1.18. The molecule has 56 valence electrons. The van der Waals surface area contributed by atoms with E-state index in [1.807, 2.05) is 25.5 Å². The maximum atomic E-state index is 5.56. The monoisotopic (exact) mass is 158 g/mol. The molecule has 0 saturated carbocycles. The molecule has 0 amide bonds. The normalized spacial score (nSPS) is 9.80. The van der Waals surface area contributed by atoms with Crippen LogP contribution < -0.4 is 4.90 Å². The maximum absolute atomic E-state index is 5.56. The van der Waals surface area contributed by atoms with Crippen LogP contribution in [0.4, 0.5) is 5.69 Å². The van der Waals surface area contributed by atoms with Crippen molar-refractivity contribution in [3.05, 3.63) is 18.5 Å². The molecule has 1 aromatic heterocycles. The standard InChI is InChI=1S/C7H11ClN2/c1-10(5-3-8)7-2-4-9-6-7/h2,4,6,9H,3,5H2,1H3. The number of rotatable bonds is 3. The molecule has 2 nitrogen and oxygen atoms in total. The van der Waals surface area contributed by atoms with Crippen LogP contribution in [0.15, 0.2) is 18.5 Å². The molecule has 0 aliphatic carbocycles. The third kappa shape index (κ3) is 1.67. The lowest BCUT2D eigenvalue weighted by Crippen LogP contribution is -2.18. The maximum Gasteiger partial charge on any atom is 0.0541 e. The molecule has 0 aliphatic heterocycles. The van der Waals surface area contributed by atoms with Crippen molar-refractivity contribution in [1.29, 1.82) is 0 Å². The van der Waals surface area contributed by atoms with Gasteiger partial charge in [0.1, 0.15) is 0 Å². The molecule has 0 radical (unpaired) electrons. The van der Waals surface area contributed by atoms with Crippen LogP contribution in [0, 0.1) is 0 Å². The molecule has 1 aromatic rings. The minimum absolute atomic E-state index is 0.668. The number of aromatic amines is 1. The molecule has 1 heterocycles. The van der Waals surface area contributed by atoms with E-state index in [0.717, 1.165) is 6.54 Å². The summed E-state index contributed by atoms with van der Waals surface area (Å²) in [7, 11) is 2.02. The van der Waals surface area contributed by atoms with Crippen LogP contribution in [0.1, 0.15) is 0 Å². The van der Waals surface area contributed by atoms with E-state index in [0.29, 0.717) is 5.88 Å². The Labute approximate surface area is 65.8 Å². The molecule has 3 heteroatoms. The minimum atomic E-state index is 0.668. The summed E-state index contributed by atoms with van der Waals surface area (Å²) < 4.78 is 0. The molecule has 0 unspecified atom stereocenters. The van der Waals surface area contributed by atoms with Crippen molar-refractivity contribution in [2.24, 2.45) is 0 Å². The molecule has 0 saturated heterocycles. The quantitative estimate of drug-likeness (QED) is 0.664. The van der Waals surface area contributed by atoms with E-state index in [-0.39, 0.29) is 0 Å². The second-order valence-electron chi connectivity index (χ2n) is 2.18. The van der Waals surface area contributed by atoms with E-state index in [9.17, 15) is 0 Å². The van der Waals surface area contributed by atoms with E-state index in [2.05, 4.69) is 9.88 Å². The van der Waals surface area contributed by atoms with Gasteiger partial charge >= 0.3 is 0 Å². The van der Waals surface area contributed by atoms with E-state index < -0.39 is 0 Å². The van der Waals surface area contributed by atoms with Gasteiger partial charge in [0.05, 0.1) is 5.69 Å². The van der Waals surface area contributed by atoms with Crippen LogP contribution in [0.2, 0.25) is 0 Å². The predicted octanol–water partition coefficient (Wildman–Crippen LogP) is 1.69. The predicted molar refractivity (Wildman–Crippen MR) is 44.8 cm³/mol. The Hall–Kier alpha value is -0.630. The molecule has 10 heavy (non-hydrogen) atoms. The topological polar surface area (TPSA) is 19.0 Å². The van der Waals surface area contributed by atoms with E-state index >= 15 is 0 Å². The fraction of sp³-hybridized carbons (Fsp3) is 0.429. The smallest absolute Gasteiger partial charge is 0.0541 e. The summed E-state index contributed by atoms with van der Waals surface area (Å²) in [5.74, 6) is 0.668. The lowest BCUT2D eigenvalue weighted by Gasteiger charge is -2.14. The molecular formula is C7H11ClN2. The Morgan fingerprint density at radius 2 is 2.50 bits per heavy atom. The first-order chi connectivity index (χ1) is 4.84. The number of anilines is 1. The lowest BCUT2D eigenvalue weighted by molar-refractivity contribution is 0.975. The number of halogens is 1. The zero-order valence-electron chi connectivity index (χ0n) is 5.97. The van der Waals surface area contributed by atoms with Crippen LogP contribution in [-0.4, -0.2) is 24.5 Å². The fourth-order valence-corrected chi connectivity index (χ4v) is 1.06. The second-order valence-corrected chi connectivity index (χ2v) is 2.56. The van der Waals surface area contributed by atoms with E-state index in [1.54, 1.807) is 0 Å². The fourth-order valence-electron chi connectivity index (χ4n) is 0.808. The van der Waals surface area contributed by atoms with Crippen LogP contribution in [-0.2, 0) is 0 Å². The van der Waals surface area contributed by atoms with Gasteiger partial charge in [0.15, 0.2) is 0 Å². The summed E-state index contributed by atoms with van der Waals surface area (Å²) in [6.45, 7) is 0.888. The van der Waals surface area contributed by atoms with E-state index in [4.69, 9.17) is 11.6 Å². The average molecular weight is 159 g/mol. The number of nitrogens with zero attached hydrogens (tertiary/aromatic N) is 1. The van der Waals surface area contributed by atoms with Crippen molar-refractivity contribution < 1.29 is 0 Å². The van der Waals surface area contributed by atoms with Crippen molar-refractivity contribution in [2.75, 3.05) is 24.4 Å². The first-order valence-corrected chi connectivity index (χ1v) is 3.78. The van der Waals surface area contributed by atoms with E-state index in [1.165, 1.54) is 5.69 Å². The van der Waals surface area contributed by atoms with Crippen molar-refractivity contribution in [3.63, 3.8) is 0 Å².